The van der Waals surface area contributed by atoms with Gasteiger partial charge >= 0.3 is 0 Å². The van der Waals surface area contributed by atoms with E-state index in [1.54, 1.807) is 5.01 Å². The Morgan fingerprint density at radius 3 is 3.08 bits per heavy atom. The van der Waals surface area contributed by atoms with E-state index >= 15 is 0 Å². The molecular weight excluding hydrogens is 186 g/mol. The molecule has 0 aromatic carbocycles. The van der Waals surface area contributed by atoms with Crippen molar-refractivity contribution in [2.24, 2.45) is 5.73 Å². The van der Waals surface area contributed by atoms with E-state index in [1.165, 1.54) is 0 Å². The zero-order valence-electron chi connectivity index (χ0n) is 7.10. The molecule has 1 atom stereocenters. The molecule has 0 bridgehead atoms. The Morgan fingerprint density at radius 2 is 2.54 bits per heavy atom. The fourth-order valence-corrected chi connectivity index (χ4v) is 2.27. The second kappa shape index (κ2) is 3.45. The normalized spacial score (nSPS) is 28.8. The summed E-state index contributed by atoms with van der Waals surface area (Å²) in [4.78, 5) is 6.37. The number of rotatable bonds is 2. The lowest BCUT2D eigenvalue weighted by atomic mass is 10.4. The summed E-state index contributed by atoms with van der Waals surface area (Å²) in [5, 5.41) is 3.76. The van der Waals surface area contributed by atoms with Crippen molar-refractivity contribution in [3.8, 4) is 0 Å². The Hall–Kier alpha value is -0.910. The van der Waals surface area contributed by atoms with E-state index in [9.17, 15) is 0 Å². The van der Waals surface area contributed by atoms with E-state index in [4.69, 9.17) is 10.6 Å². The quantitative estimate of drug-likeness (QED) is 0.572. The number of hydrogen-bond donors (Lipinski definition) is 3. The molecule has 0 aliphatic carbocycles. The molecule has 2 aliphatic rings. The first-order valence-corrected chi connectivity index (χ1v) is 5.50. The first-order chi connectivity index (χ1) is 6.31. The van der Waals surface area contributed by atoms with Crippen LogP contribution in [0.2, 0.25) is 0 Å². The van der Waals surface area contributed by atoms with Crippen molar-refractivity contribution in [1.82, 2.24) is 10.6 Å². The molecule has 1 unspecified atom stereocenters. The van der Waals surface area contributed by atoms with Crippen molar-refractivity contribution in [1.29, 1.82) is 0 Å². The highest BCUT2D eigenvalue weighted by molar-refractivity contribution is 8.24. The smallest absolute Gasteiger partial charge is 0.179 e. The first-order valence-electron chi connectivity index (χ1n) is 3.91. The van der Waals surface area contributed by atoms with Gasteiger partial charge in [-0.25, -0.2) is 10.9 Å². The van der Waals surface area contributed by atoms with Crippen molar-refractivity contribution in [3.63, 3.8) is 0 Å². The summed E-state index contributed by atoms with van der Waals surface area (Å²) in [5.41, 5.74) is 8.11. The van der Waals surface area contributed by atoms with Gasteiger partial charge in [-0.3, -0.25) is 5.01 Å². The topological polar surface area (TPSA) is 50.5 Å². The molecule has 4 nitrogen and oxygen atoms in total. The summed E-state index contributed by atoms with van der Waals surface area (Å²) in [7, 11) is -0.434. The fraction of sp³-hybridized carbons (Fsp3) is 0.125. The van der Waals surface area contributed by atoms with E-state index in [0.29, 0.717) is 6.67 Å². The van der Waals surface area contributed by atoms with Crippen molar-refractivity contribution >= 4 is 10.9 Å². The summed E-state index contributed by atoms with van der Waals surface area (Å²) in [6, 6.07) is 0. The molecule has 71 valence electrons. The predicted octanol–water partition coefficient (Wildman–Crippen LogP) is 0.700. The van der Waals surface area contributed by atoms with Crippen molar-refractivity contribution < 1.29 is 4.84 Å². The minimum atomic E-state index is -0.434. The second-order valence-electron chi connectivity index (χ2n) is 2.70. The summed E-state index contributed by atoms with van der Waals surface area (Å²) >= 11 is 0. The molecule has 2 aliphatic heterocycles. The summed E-state index contributed by atoms with van der Waals surface area (Å²) in [6.45, 7) is 0.388. The van der Waals surface area contributed by atoms with Gasteiger partial charge in [0.05, 0.1) is 12.9 Å². The SMILES string of the molecule is [CH2][SH]1C=CC=C1C1=CN(CN)NO1. The zero-order valence-corrected chi connectivity index (χ0v) is 8.00. The maximum Gasteiger partial charge on any atom is 0.179 e. The van der Waals surface area contributed by atoms with Gasteiger partial charge in [0.2, 0.25) is 0 Å². The fourth-order valence-electron chi connectivity index (χ4n) is 1.15. The number of thiol groups is 1. The third-order valence-electron chi connectivity index (χ3n) is 1.82. The molecule has 0 saturated carbocycles. The third-order valence-corrected chi connectivity index (χ3v) is 3.34. The summed E-state index contributed by atoms with van der Waals surface area (Å²) < 4.78 is 0. The first kappa shape index (κ1) is 8.68. The van der Waals surface area contributed by atoms with Gasteiger partial charge < -0.3 is 10.6 Å². The molecule has 5 heteroatoms. The lowest BCUT2D eigenvalue weighted by Gasteiger charge is -2.11. The van der Waals surface area contributed by atoms with Crippen LogP contribution in [0.1, 0.15) is 0 Å². The Morgan fingerprint density at radius 1 is 1.69 bits per heavy atom. The van der Waals surface area contributed by atoms with Crippen molar-refractivity contribution in [2.45, 2.75) is 0 Å². The average Bonchev–Trinajstić information content (AvgIpc) is 2.71. The van der Waals surface area contributed by atoms with Gasteiger partial charge in [-0.15, -0.1) is 0 Å². The Labute approximate surface area is 80.0 Å². The minimum absolute atomic E-state index is 0.388. The maximum atomic E-state index is 5.42. The highest BCUT2D eigenvalue weighted by Gasteiger charge is 2.19. The lowest BCUT2D eigenvalue weighted by molar-refractivity contribution is 0.0275. The average molecular weight is 198 g/mol. The van der Waals surface area contributed by atoms with Gasteiger partial charge in [0, 0.05) is 4.91 Å². The molecule has 3 N–H and O–H groups in total. The molecule has 0 aromatic rings. The van der Waals surface area contributed by atoms with Crippen LogP contribution in [-0.2, 0) is 4.84 Å². The third kappa shape index (κ3) is 1.58. The molecule has 1 radical (unpaired) electrons. The number of nitrogens with one attached hydrogen (secondary N) is 1. The Kier molecular flexibility index (Phi) is 2.30. The molecule has 2 heterocycles. The molecule has 13 heavy (non-hydrogen) atoms. The molecule has 2 rings (SSSR count). The van der Waals surface area contributed by atoms with Gasteiger partial charge in [-0.2, -0.15) is 0 Å². The molecule has 0 saturated heterocycles. The minimum Gasteiger partial charge on any atom is -0.386 e. The Balaban J connectivity index is 2.11. The number of hydrogen-bond acceptors (Lipinski definition) is 4. The van der Waals surface area contributed by atoms with E-state index in [2.05, 4.69) is 17.3 Å². The predicted molar refractivity (Wildman–Crippen MR) is 54.8 cm³/mol. The highest BCUT2D eigenvalue weighted by Crippen LogP contribution is 2.44. The standard InChI is InChI=1S/C8H12N3OS/c1-13-4-2-3-8(13)7-5-11(6-9)10-12-7/h2-5,10,13H,1,6,9H2. The highest BCUT2D eigenvalue weighted by atomic mass is 32.2. The number of nitrogens with zero attached hydrogens (tertiary/aromatic N) is 1. The van der Waals surface area contributed by atoms with Gasteiger partial charge in [-0.05, 0) is 17.7 Å². The zero-order chi connectivity index (χ0) is 9.26. The van der Waals surface area contributed by atoms with E-state index in [0.717, 1.165) is 10.7 Å². The van der Waals surface area contributed by atoms with Gasteiger partial charge in [0.1, 0.15) is 0 Å². The van der Waals surface area contributed by atoms with Crippen LogP contribution >= 0.6 is 10.9 Å². The number of hydrazine groups is 1. The van der Waals surface area contributed by atoms with E-state index < -0.39 is 10.9 Å². The van der Waals surface area contributed by atoms with Gasteiger partial charge in [-0.1, -0.05) is 11.7 Å². The number of nitrogens with two attached hydrogens (primary N) is 1. The summed E-state index contributed by atoms with van der Waals surface area (Å²) in [5.74, 6) is 0.816. The van der Waals surface area contributed by atoms with E-state index in [-0.39, 0.29) is 0 Å². The van der Waals surface area contributed by atoms with Crippen LogP contribution in [0.4, 0.5) is 0 Å². The lowest BCUT2D eigenvalue weighted by Crippen LogP contribution is -2.32. The molecule has 0 spiro atoms. The van der Waals surface area contributed by atoms with Crippen LogP contribution in [0, 0.1) is 6.26 Å². The largest absolute Gasteiger partial charge is 0.386 e. The van der Waals surface area contributed by atoms with Crippen molar-refractivity contribution in [3.05, 3.63) is 40.7 Å². The van der Waals surface area contributed by atoms with Crippen LogP contribution in [0.25, 0.3) is 0 Å². The van der Waals surface area contributed by atoms with Gasteiger partial charge in [0.15, 0.2) is 5.76 Å². The molecule has 0 fully saturated rings. The van der Waals surface area contributed by atoms with E-state index in [1.807, 2.05) is 18.4 Å². The van der Waals surface area contributed by atoms with Crippen LogP contribution in [-0.4, -0.2) is 11.7 Å². The van der Waals surface area contributed by atoms with Crippen molar-refractivity contribution in [2.75, 3.05) is 6.67 Å². The van der Waals surface area contributed by atoms with Crippen LogP contribution < -0.4 is 11.3 Å². The second-order valence-corrected chi connectivity index (χ2v) is 4.42. The molecule has 0 aromatic heterocycles. The Bertz CT molecular complexity index is 298. The number of allylic oxidation sites excluding steroid dienone is 2. The summed E-state index contributed by atoms with van der Waals surface area (Å²) in [6.07, 6.45) is 9.90. The monoisotopic (exact) mass is 198 g/mol. The van der Waals surface area contributed by atoms with Crippen LogP contribution in [0.3, 0.4) is 0 Å². The van der Waals surface area contributed by atoms with Crippen LogP contribution in [0.15, 0.2) is 34.4 Å². The molecular formula is C8H12N3OS. The maximum absolute atomic E-state index is 5.42. The molecule has 0 amide bonds. The van der Waals surface area contributed by atoms with Gasteiger partial charge in [0.25, 0.3) is 0 Å². The van der Waals surface area contributed by atoms with Crippen LogP contribution in [0.5, 0.6) is 0 Å².